The van der Waals surface area contributed by atoms with Crippen molar-refractivity contribution in [1.82, 2.24) is 36.4 Å². The molecule has 22 heteroatoms. The van der Waals surface area contributed by atoms with Crippen LogP contribution in [-0.2, 0) is 44.8 Å². The van der Waals surface area contributed by atoms with E-state index in [4.69, 9.17) is 20.9 Å². The van der Waals surface area contributed by atoms with Crippen LogP contribution in [0.25, 0.3) is 0 Å². The first kappa shape index (κ1) is 53.1. The zero-order valence-electron chi connectivity index (χ0n) is 39.2. The molecule has 0 heterocycles. The molecule has 1 radical (unpaired) electrons. The molecule has 9 amide bonds. The van der Waals surface area contributed by atoms with Gasteiger partial charge in [-0.05, 0) is 70.1 Å². The normalized spacial score (nSPS) is 19.5. The molecule has 3 aliphatic rings. The van der Waals surface area contributed by atoms with Gasteiger partial charge >= 0.3 is 18.2 Å². The zero-order valence-corrected chi connectivity index (χ0v) is 39.2. The average Bonchev–Trinajstić information content (AvgIpc) is 4.05. The maximum absolute atomic E-state index is 13.5. The van der Waals surface area contributed by atoms with Gasteiger partial charge in [-0.15, -0.1) is 0 Å². The van der Waals surface area contributed by atoms with E-state index < -0.39 is 107 Å². The van der Waals surface area contributed by atoms with Crippen LogP contribution >= 0.6 is 0 Å². The molecule has 0 aliphatic heterocycles. The van der Waals surface area contributed by atoms with Gasteiger partial charge < -0.3 is 67.7 Å². The summed E-state index contributed by atoms with van der Waals surface area (Å²) in [6.45, 7) is 11.7. The minimum absolute atomic E-state index is 0.0694. The summed E-state index contributed by atoms with van der Waals surface area (Å²) in [5.41, 5.74) is 9.84. The number of primary amides is 1. The topological polar surface area (TPSA) is 323 Å². The van der Waals surface area contributed by atoms with E-state index >= 15 is 0 Å². The van der Waals surface area contributed by atoms with Crippen LogP contribution in [0.15, 0.2) is 47.1 Å². The lowest BCUT2D eigenvalue weighted by Gasteiger charge is -2.40. The van der Waals surface area contributed by atoms with E-state index in [0.29, 0.717) is 35.2 Å². The summed E-state index contributed by atoms with van der Waals surface area (Å²) in [6.07, 6.45) is 1.09. The smallest absolute Gasteiger partial charge is 0.410 e. The molecular formula is C45H65N10O12. The van der Waals surface area contributed by atoms with Crippen LogP contribution in [0.4, 0.5) is 20.1 Å². The Hall–Kier alpha value is -6.55. The molecule has 11 N–H and O–H groups in total. The highest BCUT2D eigenvalue weighted by Crippen LogP contribution is 2.65. The SMILES string of the molecule is [CH2][C@]1(C)C=C2C(=O)[C@](C)(O)C3(CC3)C(C)=C2[C@@H]1OC(=O)N(C)CCN(C)C(=O)OCc1ccc(NC(=O)[C@H](CCCNC(N)=O)NC(=O)[C@@H](NC(=O)CNC(=O)CNC(=O)CN)C(C)C)cc1. The monoisotopic (exact) mass is 937 g/mol. The highest BCUT2D eigenvalue weighted by Gasteiger charge is 2.67. The van der Waals surface area contributed by atoms with Crippen molar-refractivity contribution in [3.63, 3.8) is 0 Å². The first-order chi connectivity index (χ1) is 31.3. The average molecular weight is 938 g/mol. The molecular weight excluding hydrogens is 873 g/mol. The van der Waals surface area contributed by atoms with Crippen LogP contribution in [0.5, 0.6) is 0 Å². The van der Waals surface area contributed by atoms with Crippen LogP contribution in [-0.4, -0.2) is 146 Å². The number of amides is 9. The second-order valence-corrected chi connectivity index (χ2v) is 18.0. The Morgan fingerprint density at radius 3 is 2.06 bits per heavy atom. The number of ether oxygens (including phenoxy) is 2. The molecule has 1 fully saturated rings. The number of aliphatic hydroxyl groups is 1. The van der Waals surface area contributed by atoms with Crippen molar-refractivity contribution >= 4 is 59.2 Å². The Morgan fingerprint density at radius 2 is 1.48 bits per heavy atom. The van der Waals surface area contributed by atoms with Crippen LogP contribution < -0.4 is 43.4 Å². The number of carbonyl (C=O) groups is 9. The summed E-state index contributed by atoms with van der Waals surface area (Å²) in [4.78, 5) is 116. The molecule has 367 valence electrons. The van der Waals surface area contributed by atoms with E-state index in [9.17, 15) is 48.3 Å². The van der Waals surface area contributed by atoms with Crippen molar-refractivity contribution in [2.45, 2.75) is 90.7 Å². The van der Waals surface area contributed by atoms with Crippen molar-refractivity contribution in [2.75, 3.05) is 58.7 Å². The molecule has 0 bridgehead atoms. The Kier molecular flexibility index (Phi) is 17.7. The van der Waals surface area contributed by atoms with Gasteiger partial charge in [0.2, 0.25) is 29.5 Å². The second-order valence-electron chi connectivity index (χ2n) is 18.0. The van der Waals surface area contributed by atoms with E-state index in [1.54, 1.807) is 58.0 Å². The summed E-state index contributed by atoms with van der Waals surface area (Å²) in [5, 5.41) is 26.1. The number of benzene rings is 1. The Balaban J connectivity index is 1.27. The molecule has 5 atom stereocenters. The van der Waals surface area contributed by atoms with Crippen molar-refractivity contribution in [3.05, 3.63) is 59.5 Å². The lowest BCUT2D eigenvalue weighted by molar-refractivity contribution is -0.138. The predicted octanol–water partition coefficient (Wildman–Crippen LogP) is 0.106. The maximum Gasteiger partial charge on any atom is 0.410 e. The third kappa shape index (κ3) is 13.3. The fourth-order valence-corrected chi connectivity index (χ4v) is 7.97. The molecule has 1 spiro atoms. The van der Waals surface area contributed by atoms with Crippen molar-refractivity contribution in [3.8, 4) is 0 Å². The molecule has 1 saturated carbocycles. The largest absolute Gasteiger partial charge is 0.445 e. The van der Waals surface area contributed by atoms with Gasteiger partial charge in [0.25, 0.3) is 0 Å². The fraction of sp³-hybridized carbons (Fsp3) is 0.556. The van der Waals surface area contributed by atoms with Gasteiger partial charge in [0, 0.05) is 61.4 Å². The molecule has 0 saturated heterocycles. The van der Waals surface area contributed by atoms with E-state index in [0.717, 1.165) is 5.57 Å². The van der Waals surface area contributed by atoms with E-state index in [2.05, 4.69) is 38.8 Å². The molecule has 4 rings (SSSR count). The van der Waals surface area contributed by atoms with Crippen molar-refractivity contribution in [1.29, 1.82) is 0 Å². The van der Waals surface area contributed by atoms with Gasteiger partial charge in [-0.1, -0.05) is 44.6 Å². The predicted molar refractivity (Wildman–Crippen MR) is 243 cm³/mol. The highest BCUT2D eigenvalue weighted by atomic mass is 16.6. The number of nitrogens with two attached hydrogens (primary N) is 2. The number of hydrogen-bond donors (Lipinski definition) is 9. The number of nitrogens with one attached hydrogen (secondary N) is 6. The summed E-state index contributed by atoms with van der Waals surface area (Å²) in [6, 6.07) is 3.38. The quantitative estimate of drug-likeness (QED) is 0.0741. The van der Waals surface area contributed by atoms with Gasteiger partial charge in [0.05, 0.1) is 19.6 Å². The third-order valence-electron chi connectivity index (χ3n) is 12.3. The summed E-state index contributed by atoms with van der Waals surface area (Å²) < 4.78 is 11.4. The molecule has 3 aliphatic carbocycles. The third-order valence-corrected chi connectivity index (χ3v) is 12.3. The number of likely N-dealkylation sites (N-methyl/N-ethyl adjacent to an activating group) is 2. The van der Waals surface area contributed by atoms with Crippen LogP contribution in [0.2, 0.25) is 0 Å². The summed E-state index contributed by atoms with van der Waals surface area (Å²) in [5.74, 6) is -4.04. The summed E-state index contributed by atoms with van der Waals surface area (Å²) >= 11 is 0. The number of urea groups is 1. The first-order valence-corrected chi connectivity index (χ1v) is 22.0. The van der Waals surface area contributed by atoms with Crippen molar-refractivity contribution < 1.29 is 57.7 Å². The number of fused-ring (bicyclic) bond motifs is 1. The van der Waals surface area contributed by atoms with E-state index in [-0.39, 0.29) is 45.6 Å². The lowest BCUT2D eigenvalue weighted by atomic mass is 9.67. The molecule has 0 unspecified atom stereocenters. The molecule has 1 aromatic rings. The number of Topliss-reactive ketones (excluding diaryl/α,β-unsaturated/α-hetero) is 1. The van der Waals surface area contributed by atoms with Gasteiger partial charge in [0.1, 0.15) is 30.4 Å². The number of rotatable bonds is 21. The molecule has 1 aromatic carbocycles. The number of nitrogens with zero attached hydrogens (tertiary/aromatic N) is 2. The van der Waals surface area contributed by atoms with Crippen molar-refractivity contribution in [2.24, 2.45) is 28.2 Å². The lowest BCUT2D eigenvalue weighted by Crippen LogP contribution is -2.56. The standard InChI is InChI=1S/C45H65N10O12/c1-25(2)35(53-33(58)23-50-32(57)22-49-31(56)21-46)39(61)52-30(10-9-17-48-40(47)62)38(60)51-28-13-11-27(12-14-28)24-66-41(63)54(7)18-19-55(8)42(64)67-37-34-26(3)45(15-16-45)44(6,65)36(59)29(34)20-43(37,4)5/h11-14,20,25,30,35,37,65H,4,9-10,15-19,21-24,46H2,1-3,5-8H3,(H,49,56)(H,50,57)(H,51,60)(H,52,61)(H,53,58)(H3,47,48,62)/t30-,35-,37-,43-,44-/m0/s1. The van der Waals surface area contributed by atoms with Gasteiger partial charge in [0.15, 0.2) is 5.78 Å². The maximum atomic E-state index is 13.5. The molecule has 67 heavy (non-hydrogen) atoms. The number of anilines is 1. The number of carbonyl (C=O) groups excluding carboxylic acids is 9. The van der Waals surface area contributed by atoms with E-state index in [1.807, 2.05) is 6.92 Å². The summed E-state index contributed by atoms with van der Waals surface area (Å²) in [7, 11) is 3.03. The number of ketones is 1. The Bertz CT molecular complexity index is 2150. The second kappa shape index (κ2) is 22.3. The van der Waals surface area contributed by atoms with Crippen LogP contribution in [0, 0.1) is 23.7 Å². The van der Waals surface area contributed by atoms with E-state index in [1.165, 1.54) is 23.9 Å². The zero-order chi connectivity index (χ0) is 50.0. The van der Waals surface area contributed by atoms with Crippen LogP contribution in [0.1, 0.15) is 65.9 Å². The molecule has 0 aromatic heterocycles. The Labute approximate surface area is 389 Å². The van der Waals surface area contributed by atoms with Gasteiger partial charge in [-0.3, -0.25) is 28.8 Å². The minimum Gasteiger partial charge on any atom is -0.445 e. The van der Waals surface area contributed by atoms with Gasteiger partial charge in [-0.2, -0.15) is 0 Å². The molecule has 22 nitrogen and oxygen atoms in total. The minimum atomic E-state index is -1.55. The van der Waals surface area contributed by atoms with Gasteiger partial charge in [-0.25, -0.2) is 14.4 Å². The first-order valence-electron chi connectivity index (χ1n) is 22.0. The highest BCUT2D eigenvalue weighted by molar-refractivity contribution is 6.09. The van der Waals surface area contributed by atoms with Crippen LogP contribution in [0.3, 0.4) is 0 Å². The number of hydrogen-bond acceptors (Lipinski definition) is 13. The fourth-order valence-electron chi connectivity index (χ4n) is 7.97. The Morgan fingerprint density at radius 1 is 0.881 bits per heavy atom.